The fraction of sp³-hybridized carbons (Fsp3) is 0.250. The quantitative estimate of drug-likeness (QED) is 0.531. The lowest BCUT2D eigenvalue weighted by Crippen LogP contribution is -1.86. The number of benzene rings is 1. The molecule has 0 saturated carbocycles. The summed E-state index contributed by atoms with van der Waals surface area (Å²) in [6, 6.07) is 7.98. The van der Waals surface area contributed by atoms with Crippen molar-refractivity contribution in [1.29, 1.82) is 0 Å². The van der Waals surface area contributed by atoms with E-state index >= 15 is 0 Å². The van der Waals surface area contributed by atoms with Crippen LogP contribution in [0.3, 0.4) is 0 Å². The lowest BCUT2D eigenvalue weighted by Gasteiger charge is -1.99. The Morgan fingerprint density at radius 2 is 2.20 bits per heavy atom. The summed E-state index contributed by atoms with van der Waals surface area (Å²) < 4.78 is 1.37. The molecule has 0 spiro atoms. The van der Waals surface area contributed by atoms with Crippen LogP contribution in [0.4, 0.5) is 0 Å². The summed E-state index contributed by atoms with van der Waals surface area (Å²) in [5.41, 5.74) is 2.90. The molecule has 0 N–H and O–H groups in total. The van der Waals surface area contributed by atoms with E-state index < -0.39 is 0 Å². The number of halogens is 1. The average Bonchev–Trinajstić information content (AvgIpc) is 1.95. The monoisotopic (exact) mass is 262 g/mol. The van der Waals surface area contributed by atoms with Gasteiger partial charge < -0.3 is 0 Å². The van der Waals surface area contributed by atoms with Gasteiger partial charge in [0.25, 0.3) is 0 Å². The molecule has 0 unspecified atom stereocenters. The maximum atomic E-state index is 2.37. The third-order valence-electron chi connectivity index (χ3n) is 1.63. The summed E-state index contributed by atoms with van der Waals surface area (Å²) in [6.07, 6.45) is 0. The van der Waals surface area contributed by atoms with Gasteiger partial charge in [0.1, 0.15) is 0 Å². The van der Waals surface area contributed by atoms with E-state index in [1.165, 1.54) is 31.0 Å². The smallest absolute Gasteiger partial charge is 0.0159 e. The van der Waals surface area contributed by atoms with Crippen molar-refractivity contribution in [1.82, 2.24) is 0 Å². The van der Waals surface area contributed by atoms with Crippen LogP contribution in [-0.4, -0.2) is 10.2 Å². The molecule has 0 nitrogen and oxygen atoms in total. The molecule has 1 aromatic carbocycles. The zero-order chi connectivity index (χ0) is 7.56. The SMILES string of the molecule is Cc1cc(C[SiH3])ccc1I. The van der Waals surface area contributed by atoms with E-state index in [-0.39, 0.29) is 0 Å². The number of hydrogen-bond donors (Lipinski definition) is 0. The maximum Gasteiger partial charge on any atom is 0.0159 e. The first-order chi connectivity index (χ1) is 4.74. The molecule has 0 fully saturated rings. The van der Waals surface area contributed by atoms with Crippen LogP contribution in [-0.2, 0) is 6.04 Å². The van der Waals surface area contributed by atoms with Crippen LogP contribution < -0.4 is 0 Å². The second kappa shape index (κ2) is 3.53. The zero-order valence-corrected chi connectivity index (χ0v) is 10.5. The molecule has 0 radical (unpaired) electrons. The third-order valence-corrected chi connectivity index (χ3v) is 3.66. The van der Waals surface area contributed by atoms with Crippen LogP contribution in [0.5, 0.6) is 0 Å². The van der Waals surface area contributed by atoms with E-state index in [2.05, 4.69) is 47.7 Å². The summed E-state index contributed by atoms with van der Waals surface area (Å²) in [4.78, 5) is 0. The predicted octanol–water partition coefficient (Wildman–Crippen LogP) is 1.47. The standard InChI is InChI=1S/C8H11ISi/c1-6-4-7(5-10)2-3-8(6)9/h2-4H,5H2,1,10H3. The van der Waals surface area contributed by atoms with Crippen molar-refractivity contribution in [3.05, 3.63) is 32.9 Å². The van der Waals surface area contributed by atoms with Crippen LogP contribution in [0.15, 0.2) is 18.2 Å². The molecule has 0 aliphatic heterocycles. The van der Waals surface area contributed by atoms with Crippen LogP contribution >= 0.6 is 22.6 Å². The van der Waals surface area contributed by atoms with Crippen LogP contribution in [0.1, 0.15) is 11.1 Å². The fourth-order valence-corrected chi connectivity index (χ4v) is 1.70. The van der Waals surface area contributed by atoms with E-state index in [1.807, 2.05) is 0 Å². The summed E-state index contributed by atoms with van der Waals surface area (Å²) in [7, 11) is 1.27. The molecule has 0 atom stereocenters. The van der Waals surface area contributed by atoms with Crippen molar-refractivity contribution in [3.63, 3.8) is 0 Å². The highest BCUT2D eigenvalue weighted by Gasteiger charge is 1.93. The first kappa shape index (κ1) is 8.27. The van der Waals surface area contributed by atoms with Gasteiger partial charge in [-0.05, 0) is 47.2 Å². The molecular weight excluding hydrogens is 251 g/mol. The van der Waals surface area contributed by atoms with Gasteiger partial charge in [0.2, 0.25) is 0 Å². The highest BCUT2D eigenvalue weighted by molar-refractivity contribution is 14.1. The Hall–Kier alpha value is 0.167. The molecule has 1 rings (SSSR count). The number of rotatable bonds is 1. The van der Waals surface area contributed by atoms with Gasteiger partial charge in [-0.25, -0.2) is 0 Å². The Morgan fingerprint density at radius 1 is 1.50 bits per heavy atom. The first-order valence-corrected chi connectivity index (χ1v) is 5.98. The highest BCUT2D eigenvalue weighted by atomic mass is 127. The summed E-state index contributed by atoms with van der Waals surface area (Å²) in [5, 5.41) is 0. The van der Waals surface area contributed by atoms with Crippen molar-refractivity contribution in [2.75, 3.05) is 0 Å². The zero-order valence-electron chi connectivity index (χ0n) is 6.32. The van der Waals surface area contributed by atoms with Crippen molar-refractivity contribution < 1.29 is 0 Å². The molecule has 0 bridgehead atoms. The molecule has 1 aromatic rings. The maximum absolute atomic E-state index is 2.37. The molecule has 0 amide bonds. The predicted molar refractivity (Wildman–Crippen MR) is 57.5 cm³/mol. The van der Waals surface area contributed by atoms with Gasteiger partial charge in [-0.1, -0.05) is 17.7 Å². The van der Waals surface area contributed by atoms with Gasteiger partial charge in [-0.3, -0.25) is 0 Å². The van der Waals surface area contributed by atoms with E-state index in [0.29, 0.717) is 0 Å². The van der Waals surface area contributed by atoms with Crippen molar-refractivity contribution in [2.45, 2.75) is 13.0 Å². The summed E-state index contributed by atoms with van der Waals surface area (Å²) in [6.45, 7) is 2.17. The Morgan fingerprint density at radius 3 is 2.70 bits per heavy atom. The second-order valence-corrected chi connectivity index (χ2v) is 4.31. The summed E-state index contributed by atoms with van der Waals surface area (Å²) >= 11 is 2.37. The van der Waals surface area contributed by atoms with Crippen molar-refractivity contribution in [3.8, 4) is 0 Å². The molecule has 10 heavy (non-hydrogen) atoms. The van der Waals surface area contributed by atoms with Crippen LogP contribution in [0.25, 0.3) is 0 Å². The lowest BCUT2D eigenvalue weighted by atomic mass is 10.2. The van der Waals surface area contributed by atoms with E-state index in [4.69, 9.17) is 0 Å². The molecule has 0 aliphatic carbocycles. The Labute approximate surface area is 78.6 Å². The first-order valence-electron chi connectivity index (χ1n) is 3.49. The molecule has 0 aromatic heterocycles. The molecule has 0 saturated heterocycles. The van der Waals surface area contributed by atoms with Crippen LogP contribution in [0, 0.1) is 10.5 Å². The van der Waals surface area contributed by atoms with Gasteiger partial charge >= 0.3 is 0 Å². The van der Waals surface area contributed by atoms with E-state index in [1.54, 1.807) is 0 Å². The Kier molecular flexibility index (Phi) is 2.91. The van der Waals surface area contributed by atoms with Crippen molar-refractivity contribution >= 4 is 32.8 Å². The van der Waals surface area contributed by atoms with Gasteiger partial charge in [0, 0.05) is 13.8 Å². The fourth-order valence-electron chi connectivity index (χ4n) is 0.927. The minimum absolute atomic E-state index is 1.27. The Balaban J connectivity index is 3.04. The van der Waals surface area contributed by atoms with Gasteiger partial charge in [-0.15, -0.1) is 0 Å². The topological polar surface area (TPSA) is 0 Å². The third kappa shape index (κ3) is 1.82. The minimum Gasteiger partial charge on any atom is -0.0583 e. The number of aryl methyl sites for hydroxylation is 1. The van der Waals surface area contributed by atoms with Gasteiger partial charge in [0.15, 0.2) is 0 Å². The van der Waals surface area contributed by atoms with E-state index in [0.717, 1.165) is 0 Å². The molecule has 54 valence electrons. The highest BCUT2D eigenvalue weighted by Crippen LogP contribution is 2.12. The molecule has 0 aliphatic rings. The summed E-state index contributed by atoms with van der Waals surface area (Å²) in [5.74, 6) is 0. The average molecular weight is 262 g/mol. The van der Waals surface area contributed by atoms with Gasteiger partial charge in [-0.2, -0.15) is 0 Å². The second-order valence-electron chi connectivity index (χ2n) is 2.44. The molecule has 2 heteroatoms. The van der Waals surface area contributed by atoms with Crippen LogP contribution in [0.2, 0.25) is 0 Å². The number of hydrogen-bond acceptors (Lipinski definition) is 0. The minimum atomic E-state index is 1.27. The largest absolute Gasteiger partial charge is 0.0583 e. The molecule has 0 heterocycles. The normalized spacial score (nSPS) is 10.2. The van der Waals surface area contributed by atoms with E-state index in [9.17, 15) is 0 Å². The van der Waals surface area contributed by atoms with Crippen molar-refractivity contribution in [2.24, 2.45) is 0 Å². The lowest BCUT2D eigenvalue weighted by molar-refractivity contribution is 1.32. The Bertz CT molecular complexity index is 233. The molecular formula is C8H11ISi. The van der Waals surface area contributed by atoms with Gasteiger partial charge in [0.05, 0.1) is 0 Å².